The highest BCUT2D eigenvalue weighted by molar-refractivity contribution is 6.15. The number of carbonyl (C=O) groups is 2. The van der Waals surface area contributed by atoms with E-state index in [1.54, 1.807) is 24.3 Å². The Bertz CT molecular complexity index is 996. The molecule has 2 heterocycles. The number of fused-ring (bicyclic) bond motifs is 3. The van der Waals surface area contributed by atoms with Crippen molar-refractivity contribution < 1.29 is 19.4 Å². The summed E-state index contributed by atoms with van der Waals surface area (Å²) in [6.07, 6.45) is 2.22. The van der Waals surface area contributed by atoms with Gasteiger partial charge < -0.3 is 9.84 Å². The van der Waals surface area contributed by atoms with Crippen molar-refractivity contribution in [1.82, 2.24) is 0 Å². The van der Waals surface area contributed by atoms with E-state index in [0.717, 1.165) is 17.7 Å². The zero-order valence-electron chi connectivity index (χ0n) is 15.2. The Labute approximate surface area is 156 Å². The highest BCUT2D eigenvalue weighted by Gasteiger charge is 2.58. The molecular weight excluding hydrogens is 344 g/mol. The van der Waals surface area contributed by atoms with Crippen molar-refractivity contribution in [2.75, 3.05) is 4.90 Å². The Hall–Kier alpha value is -2.91. The SMILES string of the molecule is C[C@@H]1C2CCC(C)(O2)[C@@H]1C(=O)N(C=O)c1cc(O)c(C#N)c2ccccc12. The molecule has 2 saturated heterocycles. The molecule has 0 spiro atoms. The predicted molar refractivity (Wildman–Crippen MR) is 99.0 cm³/mol. The number of hydrogen-bond donors (Lipinski definition) is 1. The van der Waals surface area contributed by atoms with Crippen molar-refractivity contribution in [1.29, 1.82) is 5.26 Å². The van der Waals surface area contributed by atoms with Crippen LogP contribution in [0.2, 0.25) is 0 Å². The van der Waals surface area contributed by atoms with Crippen molar-refractivity contribution in [3.63, 3.8) is 0 Å². The summed E-state index contributed by atoms with van der Waals surface area (Å²) in [6, 6.07) is 10.2. The van der Waals surface area contributed by atoms with Gasteiger partial charge in [0.25, 0.3) is 0 Å². The van der Waals surface area contributed by atoms with Gasteiger partial charge in [-0.25, -0.2) is 0 Å². The number of nitriles is 1. The average Bonchev–Trinajstić information content (AvgIpc) is 3.15. The van der Waals surface area contributed by atoms with Crippen LogP contribution in [0.15, 0.2) is 30.3 Å². The number of hydrogen-bond acceptors (Lipinski definition) is 5. The molecule has 0 radical (unpaired) electrons. The van der Waals surface area contributed by atoms with Gasteiger partial charge in [0.1, 0.15) is 17.4 Å². The molecule has 4 rings (SSSR count). The first kappa shape index (κ1) is 17.5. The van der Waals surface area contributed by atoms with E-state index in [-0.39, 0.29) is 34.9 Å². The molecule has 1 N–H and O–H groups in total. The first-order valence-corrected chi connectivity index (χ1v) is 9.02. The average molecular weight is 364 g/mol. The lowest BCUT2D eigenvalue weighted by atomic mass is 9.72. The Balaban J connectivity index is 1.84. The molecule has 2 fully saturated rings. The molecule has 0 saturated carbocycles. The Morgan fingerprint density at radius 2 is 2.11 bits per heavy atom. The maximum atomic E-state index is 13.4. The van der Waals surface area contributed by atoms with Crippen molar-refractivity contribution in [2.45, 2.75) is 38.4 Å². The second-order valence-electron chi connectivity index (χ2n) is 7.61. The highest BCUT2D eigenvalue weighted by atomic mass is 16.5. The standard InChI is InChI=1S/C21H20N2O4/c1-12-18-7-8-21(2,27-18)19(12)20(26)23(11-24)16-9-17(25)15(10-22)13-5-3-4-6-14(13)16/h3-6,9,11-12,18-19,25H,7-8H2,1-2H3/t12-,18?,19+,21?/m1/s1. The van der Waals surface area contributed by atoms with Crippen molar-refractivity contribution in [3.8, 4) is 11.8 Å². The van der Waals surface area contributed by atoms with E-state index in [2.05, 4.69) is 0 Å². The summed E-state index contributed by atoms with van der Waals surface area (Å²) in [5, 5.41) is 20.7. The van der Waals surface area contributed by atoms with Crippen LogP contribution in [0, 0.1) is 23.2 Å². The van der Waals surface area contributed by atoms with E-state index in [1.165, 1.54) is 6.07 Å². The number of phenolic OH excluding ortho intramolecular Hbond substituents is 1. The molecule has 2 aromatic rings. The molecule has 4 atom stereocenters. The molecular formula is C21H20N2O4. The van der Waals surface area contributed by atoms with Crippen LogP contribution >= 0.6 is 0 Å². The van der Waals surface area contributed by atoms with Gasteiger partial charge in [0, 0.05) is 16.8 Å². The minimum Gasteiger partial charge on any atom is -0.506 e. The van der Waals surface area contributed by atoms with Gasteiger partial charge in [-0.2, -0.15) is 5.26 Å². The quantitative estimate of drug-likeness (QED) is 0.845. The highest BCUT2D eigenvalue weighted by Crippen LogP contribution is 2.52. The van der Waals surface area contributed by atoms with Gasteiger partial charge in [-0.15, -0.1) is 0 Å². The van der Waals surface area contributed by atoms with Crippen LogP contribution in [0.5, 0.6) is 5.75 Å². The van der Waals surface area contributed by atoms with E-state index in [1.807, 2.05) is 19.9 Å². The lowest BCUT2D eigenvalue weighted by Gasteiger charge is -2.33. The van der Waals surface area contributed by atoms with Crippen LogP contribution in [0.25, 0.3) is 10.8 Å². The van der Waals surface area contributed by atoms with Crippen LogP contribution in [-0.2, 0) is 14.3 Å². The van der Waals surface area contributed by atoms with Gasteiger partial charge in [0.2, 0.25) is 12.3 Å². The predicted octanol–water partition coefficient (Wildman–Crippen LogP) is 3.11. The second kappa shape index (κ2) is 6.07. The van der Waals surface area contributed by atoms with Gasteiger partial charge in [0.05, 0.1) is 23.3 Å². The Kier molecular flexibility index (Phi) is 3.93. The molecule has 6 nitrogen and oxygen atoms in total. The summed E-state index contributed by atoms with van der Waals surface area (Å²) < 4.78 is 6.03. The molecule has 2 aliphatic heterocycles. The molecule has 2 amide bonds. The molecule has 2 unspecified atom stereocenters. The third-order valence-electron chi connectivity index (χ3n) is 6.10. The molecule has 0 aliphatic carbocycles. The lowest BCUT2D eigenvalue weighted by Crippen LogP contribution is -2.47. The molecule has 2 bridgehead atoms. The monoisotopic (exact) mass is 364 g/mol. The number of anilines is 1. The van der Waals surface area contributed by atoms with Crippen LogP contribution in [0.3, 0.4) is 0 Å². The van der Waals surface area contributed by atoms with E-state index >= 15 is 0 Å². The fourth-order valence-corrected chi connectivity index (χ4v) is 4.78. The fourth-order valence-electron chi connectivity index (χ4n) is 4.78. The van der Waals surface area contributed by atoms with Gasteiger partial charge in [0.15, 0.2) is 0 Å². The first-order valence-electron chi connectivity index (χ1n) is 9.02. The number of imide groups is 1. The maximum Gasteiger partial charge on any atom is 0.239 e. The molecule has 27 heavy (non-hydrogen) atoms. The van der Waals surface area contributed by atoms with E-state index in [0.29, 0.717) is 17.2 Å². The fraction of sp³-hybridized carbons (Fsp3) is 0.381. The Morgan fingerprint density at radius 1 is 1.41 bits per heavy atom. The number of aromatic hydroxyl groups is 1. The largest absolute Gasteiger partial charge is 0.506 e. The molecule has 138 valence electrons. The molecule has 0 aromatic heterocycles. The summed E-state index contributed by atoms with van der Waals surface area (Å²) in [5.74, 6) is -1.01. The van der Waals surface area contributed by atoms with E-state index < -0.39 is 11.5 Å². The molecule has 6 heteroatoms. The van der Waals surface area contributed by atoms with Crippen LogP contribution in [0.1, 0.15) is 32.3 Å². The topological polar surface area (TPSA) is 90.6 Å². The summed E-state index contributed by atoms with van der Waals surface area (Å²) in [4.78, 5) is 26.4. The third kappa shape index (κ3) is 2.42. The summed E-state index contributed by atoms with van der Waals surface area (Å²) in [6.45, 7) is 3.91. The van der Waals surface area contributed by atoms with Crippen LogP contribution in [0.4, 0.5) is 5.69 Å². The summed E-state index contributed by atoms with van der Waals surface area (Å²) >= 11 is 0. The van der Waals surface area contributed by atoms with Crippen LogP contribution < -0.4 is 4.90 Å². The number of nitrogens with zero attached hydrogens (tertiary/aromatic N) is 2. The molecule has 2 aliphatic rings. The number of rotatable bonds is 3. The summed E-state index contributed by atoms with van der Waals surface area (Å²) in [5.41, 5.74) is -0.177. The van der Waals surface area contributed by atoms with Gasteiger partial charge in [-0.05, 0) is 25.7 Å². The number of amides is 2. The minimum atomic E-state index is -0.577. The van der Waals surface area contributed by atoms with Crippen molar-refractivity contribution in [3.05, 3.63) is 35.9 Å². The van der Waals surface area contributed by atoms with Crippen molar-refractivity contribution in [2.24, 2.45) is 11.8 Å². The van der Waals surface area contributed by atoms with Crippen LogP contribution in [-0.4, -0.2) is 29.1 Å². The maximum absolute atomic E-state index is 13.4. The first-order chi connectivity index (χ1) is 12.9. The third-order valence-corrected chi connectivity index (χ3v) is 6.10. The van der Waals surface area contributed by atoms with E-state index in [9.17, 15) is 20.0 Å². The lowest BCUT2D eigenvalue weighted by molar-refractivity contribution is -0.129. The smallest absolute Gasteiger partial charge is 0.239 e. The van der Waals surface area contributed by atoms with Gasteiger partial charge >= 0.3 is 0 Å². The summed E-state index contributed by atoms with van der Waals surface area (Å²) in [7, 11) is 0. The number of phenols is 1. The van der Waals surface area contributed by atoms with Crippen molar-refractivity contribution >= 4 is 28.8 Å². The minimum absolute atomic E-state index is 0.0111. The number of carbonyl (C=O) groups excluding carboxylic acids is 2. The van der Waals surface area contributed by atoms with Gasteiger partial charge in [-0.3, -0.25) is 14.5 Å². The Morgan fingerprint density at radius 3 is 2.70 bits per heavy atom. The normalized spacial score (nSPS) is 28.9. The van der Waals surface area contributed by atoms with E-state index in [4.69, 9.17) is 4.74 Å². The van der Waals surface area contributed by atoms with Gasteiger partial charge in [-0.1, -0.05) is 31.2 Å². The second-order valence-corrected chi connectivity index (χ2v) is 7.61. The number of ether oxygens (including phenoxy) is 1. The number of benzene rings is 2. The zero-order valence-corrected chi connectivity index (χ0v) is 15.2. The molecule has 2 aromatic carbocycles. The zero-order chi connectivity index (χ0) is 19.3.